The highest BCUT2D eigenvalue weighted by Crippen LogP contribution is 2.23. The molecule has 0 saturated carbocycles. The smallest absolute Gasteiger partial charge is 0.161 e. The molecular formula is C17H24N4. The van der Waals surface area contributed by atoms with Gasteiger partial charge in [-0.25, -0.2) is 9.97 Å². The largest absolute Gasteiger partial charge is 0.370 e. The Bertz CT molecular complexity index is 615. The van der Waals surface area contributed by atoms with Crippen LogP contribution in [0.4, 0.5) is 5.82 Å². The normalized spacial score (nSPS) is 10.7. The van der Waals surface area contributed by atoms with Gasteiger partial charge in [0, 0.05) is 34.8 Å². The first-order valence-corrected chi connectivity index (χ1v) is 7.62. The molecule has 0 unspecified atom stereocenters. The van der Waals surface area contributed by atoms with Gasteiger partial charge >= 0.3 is 0 Å². The summed E-state index contributed by atoms with van der Waals surface area (Å²) < 4.78 is 0. The number of pyridine rings is 1. The van der Waals surface area contributed by atoms with Crippen molar-refractivity contribution in [1.29, 1.82) is 0 Å². The number of nitrogens with zero attached hydrogens (tertiary/aromatic N) is 3. The fourth-order valence-electron chi connectivity index (χ4n) is 2.50. The highest BCUT2D eigenvalue weighted by atomic mass is 15.0. The Kier molecular flexibility index (Phi) is 4.89. The molecule has 0 radical (unpaired) electrons. The zero-order valence-electron chi connectivity index (χ0n) is 13.6. The Labute approximate surface area is 127 Å². The van der Waals surface area contributed by atoms with Crippen molar-refractivity contribution in [3.05, 3.63) is 34.8 Å². The molecule has 0 saturated heterocycles. The van der Waals surface area contributed by atoms with Crippen LogP contribution in [0, 0.1) is 20.8 Å². The van der Waals surface area contributed by atoms with Crippen LogP contribution in [0.5, 0.6) is 0 Å². The summed E-state index contributed by atoms with van der Waals surface area (Å²) in [6.45, 7) is 11.3. The molecule has 0 aliphatic carbocycles. The predicted molar refractivity (Wildman–Crippen MR) is 87.6 cm³/mol. The first-order chi connectivity index (χ1) is 10.0. The predicted octanol–water partition coefficient (Wildman–Crippen LogP) is 3.85. The van der Waals surface area contributed by atoms with Crippen LogP contribution in [0.25, 0.3) is 11.4 Å². The van der Waals surface area contributed by atoms with E-state index in [-0.39, 0.29) is 0 Å². The van der Waals surface area contributed by atoms with Crippen molar-refractivity contribution in [2.24, 2.45) is 0 Å². The van der Waals surface area contributed by atoms with Gasteiger partial charge in [0.2, 0.25) is 0 Å². The topological polar surface area (TPSA) is 50.7 Å². The lowest BCUT2D eigenvalue weighted by Gasteiger charge is -2.14. The monoisotopic (exact) mass is 284 g/mol. The third kappa shape index (κ3) is 3.57. The van der Waals surface area contributed by atoms with Crippen molar-refractivity contribution in [2.45, 2.75) is 47.5 Å². The second-order valence-corrected chi connectivity index (χ2v) is 5.38. The number of rotatable bonds is 5. The number of anilines is 1. The molecule has 2 aromatic rings. The van der Waals surface area contributed by atoms with E-state index in [0.717, 1.165) is 53.7 Å². The Hall–Kier alpha value is -1.97. The summed E-state index contributed by atoms with van der Waals surface area (Å²) in [7, 11) is 0. The lowest BCUT2D eigenvalue weighted by molar-refractivity contribution is 0.938. The Balaban J connectivity index is 2.51. The van der Waals surface area contributed by atoms with Gasteiger partial charge in [0.1, 0.15) is 5.82 Å². The Morgan fingerprint density at radius 2 is 1.62 bits per heavy atom. The van der Waals surface area contributed by atoms with E-state index in [1.807, 2.05) is 26.0 Å². The van der Waals surface area contributed by atoms with Gasteiger partial charge in [0.05, 0.1) is 0 Å². The second kappa shape index (κ2) is 6.66. The molecule has 0 aliphatic heterocycles. The van der Waals surface area contributed by atoms with E-state index in [9.17, 15) is 0 Å². The lowest BCUT2D eigenvalue weighted by Crippen LogP contribution is -2.09. The van der Waals surface area contributed by atoms with E-state index < -0.39 is 0 Å². The molecule has 0 amide bonds. The standard InChI is InChI=1S/C17H24N4/c1-6-8-18-17-15(7-2)13(5)20-16(21-17)14-9-11(3)19-12(4)10-14/h9-10H,6-8H2,1-5H3,(H,18,20,21). The van der Waals surface area contributed by atoms with E-state index in [0.29, 0.717) is 0 Å². The summed E-state index contributed by atoms with van der Waals surface area (Å²) in [6.07, 6.45) is 2.02. The molecule has 2 heterocycles. The number of aryl methyl sites for hydroxylation is 3. The number of hydrogen-bond acceptors (Lipinski definition) is 4. The summed E-state index contributed by atoms with van der Waals surface area (Å²) in [5.41, 5.74) is 5.27. The van der Waals surface area contributed by atoms with Crippen LogP contribution in [-0.4, -0.2) is 21.5 Å². The van der Waals surface area contributed by atoms with Crippen molar-refractivity contribution in [3.8, 4) is 11.4 Å². The maximum absolute atomic E-state index is 4.74. The van der Waals surface area contributed by atoms with Crippen LogP contribution in [0.15, 0.2) is 12.1 Å². The molecule has 2 aromatic heterocycles. The van der Waals surface area contributed by atoms with Crippen molar-refractivity contribution in [2.75, 3.05) is 11.9 Å². The van der Waals surface area contributed by atoms with E-state index in [1.165, 1.54) is 5.56 Å². The molecule has 21 heavy (non-hydrogen) atoms. The third-order valence-electron chi connectivity index (χ3n) is 3.45. The highest BCUT2D eigenvalue weighted by Gasteiger charge is 2.12. The SMILES string of the molecule is CCCNc1nc(-c2cc(C)nc(C)c2)nc(C)c1CC. The van der Waals surface area contributed by atoms with Gasteiger partial charge in [-0.3, -0.25) is 4.98 Å². The minimum absolute atomic E-state index is 0.775. The van der Waals surface area contributed by atoms with Crippen molar-refractivity contribution >= 4 is 5.82 Å². The van der Waals surface area contributed by atoms with Crippen LogP contribution >= 0.6 is 0 Å². The number of nitrogens with one attached hydrogen (secondary N) is 1. The van der Waals surface area contributed by atoms with Gasteiger partial charge in [-0.05, 0) is 45.7 Å². The van der Waals surface area contributed by atoms with Crippen LogP contribution in [0.2, 0.25) is 0 Å². The minimum Gasteiger partial charge on any atom is -0.370 e. The van der Waals surface area contributed by atoms with Gasteiger partial charge in [-0.2, -0.15) is 0 Å². The van der Waals surface area contributed by atoms with Crippen LogP contribution in [0.3, 0.4) is 0 Å². The second-order valence-electron chi connectivity index (χ2n) is 5.38. The molecule has 0 aliphatic rings. The summed E-state index contributed by atoms with van der Waals surface area (Å²) in [5, 5.41) is 3.43. The molecule has 1 N–H and O–H groups in total. The van der Waals surface area contributed by atoms with Crippen molar-refractivity contribution < 1.29 is 0 Å². The molecule has 2 rings (SSSR count). The fraction of sp³-hybridized carbons (Fsp3) is 0.471. The first-order valence-electron chi connectivity index (χ1n) is 7.62. The minimum atomic E-state index is 0.775. The first kappa shape index (κ1) is 15.4. The van der Waals surface area contributed by atoms with E-state index in [2.05, 4.69) is 36.1 Å². The summed E-state index contributed by atoms with van der Waals surface area (Å²) in [4.78, 5) is 13.8. The highest BCUT2D eigenvalue weighted by molar-refractivity contribution is 5.60. The Morgan fingerprint density at radius 1 is 0.952 bits per heavy atom. The van der Waals surface area contributed by atoms with Gasteiger partial charge in [0.25, 0.3) is 0 Å². The molecule has 0 spiro atoms. The number of hydrogen-bond donors (Lipinski definition) is 1. The van der Waals surface area contributed by atoms with E-state index in [4.69, 9.17) is 4.98 Å². The van der Waals surface area contributed by atoms with Gasteiger partial charge in [-0.1, -0.05) is 13.8 Å². The summed E-state index contributed by atoms with van der Waals surface area (Å²) in [5.74, 6) is 1.74. The van der Waals surface area contributed by atoms with E-state index >= 15 is 0 Å². The molecule has 0 bridgehead atoms. The third-order valence-corrected chi connectivity index (χ3v) is 3.45. The zero-order chi connectivity index (χ0) is 15.4. The molecule has 4 heteroatoms. The van der Waals surface area contributed by atoms with Crippen LogP contribution in [0.1, 0.15) is 42.9 Å². The van der Waals surface area contributed by atoms with Crippen molar-refractivity contribution in [1.82, 2.24) is 15.0 Å². The average Bonchev–Trinajstić information content (AvgIpc) is 2.43. The molecule has 0 aromatic carbocycles. The molecule has 112 valence electrons. The van der Waals surface area contributed by atoms with E-state index in [1.54, 1.807) is 0 Å². The summed E-state index contributed by atoms with van der Waals surface area (Å²) in [6, 6.07) is 4.08. The van der Waals surface area contributed by atoms with Crippen molar-refractivity contribution in [3.63, 3.8) is 0 Å². The van der Waals surface area contributed by atoms with Crippen LogP contribution < -0.4 is 5.32 Å². The van der Waals surface area contributed by atoms with Crippen LogP contribution in [-0.2, 0) is 6.42 Å². The molecular weight excluding hydrogens is 260 g/mol. The average molecular weight is 284 g/mol. The molecule has 0 atom stereocenters. The van der Waals surface area contributed by atoms with Gasteiger partial charge < -0.3 is 5.32 Å². The van der Waals surface area contributed by atoms with Gasteiger partial charge in [0.15, 0.2) is 5.82 Å². The maximum atomic E-state index is 4.74. The fourth-order valence-corrected chi connectivity index (χ4v) is 2.50. The summed E-state index contributed by atoms with van der Waals surface area (Å²) >= 11 is 0. The quantitative estimate of drug-likeness (QED) is 0.906. The van der Waals surface area contributed by atoms with Gasteiger partial charge in [-0.15, -0.1) is 0 Å². The Morgan fingerprint density at radius 3 is 2.19 bits per heavy atom. The molecule has 4 nitrogen and oxygen atoms in total. The lowest BCUT2D eigenvalue weighted by atomic mass is 10.1. The molecule has 0 fully saturated rings. The number of aromatic nitrogens is 3. The zero-order valence-corrected chi connectivity index (χ0v) is 13.6. The maximum Gasteiger partial charge on any atom is 0.161 e.